The molecule has 414 valence electrons. The number of hydrogen-bond acceptors (Lipinski definition) is 13. The van der Waals surface area contributed by atoms with Gasteiger partial charge in [-0.3, -0.25) is 28.8 Å². The molecule has 2 saturated heterocycles. The average molecular weight is 1060 g/mol. The third kappa shape index (κ3) is 21.1. The number of aryl methyl sites for hydroxylation is 1. The van der Waals surface area contributed by atoms with Gasteiger partial charge in [-0.25, -0.2) is 0 Å². The molecule has 2 aliphatic heterocycles. The molecule has 3 aromatic rings. The number of ether oxygens (including phenoxy) is 7. The van der Waals surface area contributed by atoms with E-state index in [0.29, 0.717) is 82.3 Å². The lowest BCUT2D eigenvalue weighted by molar-refractivity contribution is -0.940. The van der Waals surface area contributed by atoms with Gasteiger partial charge in [-0.15, -0.1) is 6.42 Å². The molecular weight excluding hydrogens is 975 g/mol. The Balaban J connectivity index is 1.31. The van der Waals surface area contributed by atoms with E-state index in [1.807, 2.05) is 94.4 Å². The second-order valence-corrected chi connectivity index (χ2v) is 20.6. The van der Waals surface area contributed by atoms with Gasteiger partial charge in [0, 0.05) is 18.9 Å². The maximum Gasteiger partial charge on any atom is 0.308 e. The Hall–Kier alpha value is -6.20. The Labute approximate surface area is 448 Å². The van der Waals surface area contributed by atoms with Crippen LogP contribution in [0.4, 0.5) is 0 Å². The topological polar surface area (TPSA) is 218 Å². The van der Waals surface area contributed by atoms with Crippen LogP contribution in [-0.4, -0.2) is 155 Å². The highest BCUT2D eigenvalue weighted by atomic mass is 16.6. The Kier molecular flexibility index (Phi) is 24.8. The number of epoxide rings is 1. The van der Waals surface area contributed by atoms with Crippen molar-refractivity contribution in [3.05, 3.63) is 95.6 Å². The van der Waals surface area contributed by atoms with Crippen molar-refractivity contribution in [2.75, 3.05) is 85.7 Å². The second-order valence-electron chi connectivity index (χ2n) is 20.6. The number of carbonyl (C=O) groups is 6. The Morgan fingerprint density at radius 1 is 0.671 bits per heavy atom. The molecule has 3 aromatic carbocycles. The van der Waals surface area contributed by atoms with Crippen molar-refractivity contribution in [1.29, 1.82) is 0 Å². The number of morpholine rings is 1. The molecular formula is C58H80N5O13+. The van der Waals surface area contributed by atoms with Crippen molar-refractivity contribution in [2.24, 2.45) is 11.8 Å². The number of benzene rings is 3. The lowest BCUT2D eigenvalue weighted by Gasteiger charge is -2.41. The molecule has 2 aliphatic rings. The van der Waals surface area contributed by atoms with E-state index in [0.717, 1.165) is 16.7 Å². The Morgan fingerprint density at radius 3 is 1.83 bits per heavy atom. The number of ketones is 1. The number of rotatable bonds is 34. The van der Waals surface area contributed by atoms with Gasteiger partial charge >= 0.3 is 5.97 Å². The van der Waals surface area contributed by atoms with E-state index in [1.165, 1.54) is 6.92 Å². The van der Waals surface area contributed by atoms with Crippen LogP contribution in [0.1, 0.15) is 77.5 Å². The van der Waals surface area contributed by atoms with Crippen molar-refractivity contribution >= 4 is 35.4 Å². The number of quaternary nitrogens is 1. The molecule has 76 heavy (non-hydrogen) atoms. The summed E-state index contributed by atoms with van der Waals surface area (Å²) in [6.45, 7) is 15.3. The van der Waals surface area contributed by atoms with Crippen LogP contribution >= 0.6 is 0 Å². The van der Waals surface area contributed by atoms with Crippen LogP contribution < -0.4 is 30.7 Å². The number of carbonyl (C=O) groups excluding carboxylic acids is 6. The number of esters is 1. The van der Waals surface area contributed by atoms with Gasteiger partial charge in [0.2, 0.25) is 17.7 Å². The lowest BCUT2D eigenvalue weighted by Crippen LogP contribution is -2.61. The van der Waals surface area contributed by atoms with Gasteiger partial charge in [0.1, 0.15) is 56.6 Å². The van der Waals surface area contributed by atoms with Crippen molar-refractivity contribution in [1.82, 2.24) is 21.3 Å². The minimum atomic E-state index is -1.10. The van der Waals surface area contributed by atoms with Gasteiger partial charge in [0.05, 0.1) is 58.9 Å². The maximum atomic E-state index is 14.6. The predicted molar refractivity (Wildman–Crippen MR) is 285 cm³/mol. The quantitative estimate of drug-likeness (QED) is 0.0164. The molecule has 4 N–H and O–H groups in total. The number of amides is 4. The van der Waals surface area contributed by atoms with E-state index >= 15 is 0 Å². The average Bonchev–Trinajstić information content (AvgIpc) is 4.15. The monoisotopic (exact) mass is 1050 g/mol. The van der Waals surface area contributed by atoms with Crippen LogP contribution in [0.2, 0.25) is 0 Å². The summed E-state index contributed by atoms with van der Waals surface area (Å²) in [5.74, 6) is 0.233. The first kappa shape index (κ1) is 60.7. The molecule has 0 aliphatic carbocycles. The smallest absolute Gasteiger partial charge is 0.308 e. The predicted octanol–water partition coefficient (Wildman–Crippen LogP) is 4.29. The van der Waals surface area contributed by atoms with E-state index in [1.54, 1.807) is 19.1 Å². The molecule has 18 nitrogen and oxygen atoms in total. The van der Waals surface area contributed by atoms with Crippen molar-refractivity contribution < 1.29 is 66.4 Å². The number of hydrogen-bond donors (Lipinski definition) is 4. The summed E-state index contributed by atoms with van der Waals surface area (Å²) in [4.78, 5) is 83.4. The second kappa shape index (κ2) is 31.1. The third-order valence-corrected chi connectivity index (χ3v) is 13.0. The molecule has 0 aromatic heterocycles. The number of nitrogens with zero attached hydrogens (tertiary/aromatic N) is 1. The first-order valence-corrected chi connectivity index (χ1v) is 26.5. The molecule has 4 amide bonds. The van der Waals surface area contributed by atoms with Crippen molar-refractivity contribution in [3.8, 4) is 23.8 Å². The van der Waals surface area contributed by atoms with Crippen molar-refractivity contribution in [3.63, 3.8) is 0 Å². The zero-order valence-electron chi connectivity index (χ0n) is 45.2. The molecule has 4 unspecified atom stereocenters. The highest BCUT2D eigenvalue weighted by molar-refractivity contribution is 5.99. The van der Waals surface area contributed by atoms with E-state index in [4.69, 9.17) is 39.6 Å². The maximum absolute atomic E-state index is 14.6. The largest absolute Gasteiger partial charge is 0.487 e. The third-order valence-electron chi connectivity index (χ3n) is 13.0. The Bertz CT molecular complexity index is 2370. The molecule has 5 atom stereocenters. The summed E-state index contributed by atoms with van der Waals surface area (Å²) >= 11 is 0. The van der Waals surface area contributed by atoms with E-state index in [9.17, 15) is 28.8 Å². The minimum absolute atomic E-state index is 0.00405. The molecule has 2 heterocycles. The van der Waals surface area contributed by atoms with Crippen LogP contribution in [0.25, 0.3) is 0 Å². The normalized spacial score (nSPS) is 17.3. The SMILES string of the molecule is C#CCOCCOCCOCCOc1cc(C[N+]2(CC(=O)NC(CCc3ccccc3)C(=O)NC(CC(C)C)C(=O)NC(Cc3ccccc3)C(=O)NC(CC(C)C)C(=O)[C@@]3(C)CO3)CCOCC2)ccc1OC(C)=O. The van der Waals surface area contributed by atoms with Crippen LogP contribution in [0.3, 0.4) is 0 Å². The van der Waals surface area contributed by atoms with E-state index in [2.05, 4.69) is 27.2 Å². The fraction of sp³-hybridized carbons (Fsp3) is 0.552. The fourth-order valence-corrected chi connectivity index (χ4v) is 8.94. The summed E-state index contributed by atoms with van der Waals surface area (Å²) < 4.78 is 39.4. The van der Waals surface area contributed by atoms with Crippen LogP contribution in [0.5, 0.6) is 11.5 Å². The first-order valence-electron chi connectivity index (χ1n) is 26.5. The van der Waals surface area contributed by atoms with Crippen LogP contribution in [-0.2, 0) is 71.8 Å². The molecule has 2 fully saturated rings. The molecule has 0 spiro atoms. The zero-order chi connectivity index (χ0) is 54.9. The summed E-state index contributed by atoms with van der Waals surface area (Å²) in [6.07, 6.45) is 6.60. The first-order chi connectivity index (χ1) is 36.5. The molecule has 0 radical (unpaired) electrons. The number of nitrogens with one attached hydrogen (secondary N) is 4. The van der Waals surface area contributed by atoms with Crippen molar-refractivity contribution in [2.45, 2.75) is 110 Å². The summed E-state index contributed by atoms with van der Waals surface area (Å²) in [5.41, 5.74) is 1.59. The summed E-state index contributed by atoms with van der Waals surface area (Å²) in [6, 6.07) is 20.1. The van der Waals surface area contributed by atoms with E-state index in [-0.39, 0.29) is 81.5 Å². The zero-order valence-corrected chi connectivity index (χ0v) is 45.2. The minimum Gasteiger partial charge on any atom is -0.487 e. The molecule has 5 rings (SSSR count). The number of Topliss-reactive ketones (excluding diaryl/α,β-unsaturated/α-hetero) is 1. The van der Waals surface area contributed by atoms with Crippen LogP contribution in [0, 0.1) is 24.2 Å². The number of terminal acetylenes is 1. The highest BCUT2D eigenvalue weighted by Gasteiger charge is 2.50. The van der Waals surface area contributed by atoms with E-state index < -0.39 is 53.5 Å². The van der Waals surface area contributed by atoms with Crippen LogP contribution in [0.15, 0.2) is 78.9 Å². The van der Waals surface area contributed by atoms with Gasteiger partial charge in [-0.1, -0.05) is 94.3 Å². The van der Waals surface area contributed by atoms with Gasteiger partial charge in [0.15, 0.2) is 23.8 Å². The lowest BCUT2D eigenvalue weighted by atomic mass is 9.93. The molecule has 0 saturated carbocycles. The van der Waals surface area contributed by atoms with Gasteiger partial charge < -0.3 is 58.9 Å². The standard InChI is InChI=1S/C58H79N5O13/c1-8-25-70-28-29-72-30-31-73-32-33-74-52-37-46(20-22-51(52)76-43(6)64)38-63(23-26-71-27-24-63)39-53(65)59-47(21-19-44-15-11-9-12-16-44)55(67)61-49(35-42(4)5)56(68)62-50(36-45-17-13-10-14-18-45)57(69)60-48(34-41(2)3)54(66)58(7)40-75-58/h1,9-18,20,22,37,41-42,47-50H,19,21,23-36,38-40H2,2-7H3,(H3-,59,60,61,62,65,67,68,69)/p+1/t47?,48?,49?,50?,58-/m1/s1. The summed E-state index contributed by atoms with van der Waals surface area (Å²) in [7, 11) is 0. The Morgan fingerprint density at radius 2 is 1.22 bits per heavy atom. The van der Waals surface area contributed by atoms with Gasteiger partial charge in [-0.2, -0.15) is 0 Å². The van der Waals surface area contributed by atoms with Gasteiger partial charge in [-0.05, 0) is 73.8 Å². The summed E-state index contributed by atoms with van der Waals surface area (Å²) in [5, 5.41) is 11.9. The fourth-order valence-electron chi connectivity index (χ4n) is 8.94. The highest BCUT2D eigenvalue weighted by Crippen LogP contribution is 2.32. The molecule has 18 heteroatoms. The van der Waals surface area contributed by atoms with Gasteiger partial charge in [0.25, 0.3) is 5.91 Å². The molecule has 0 bridgehead atoms.